The van der Waals surface area contributed by atoms with Gasteiger partial charge in [-0.3, -0.25) is 5.41 Å². The lowest BCUT2D eigenvalue weighted by atomic mass is 10.0. The van der Waals surface area contributed by atoms with E-state index in [1.807, 2.05) is 0 Å². The van der Waals surface area contributed by atoms with E-state index in [0.29, 0.717) is 11.8 Å². The molecule has 0 heterocycles. The summed E-state index contributed by atoms with van der Waals surface area (Å²) in [7, 11) is 0. The predicted octanol–water partition coefficient (Wildman–Crippen LogP) is 3.27. The summed E-state index contributed by atoms with van der Waals surface area (Å²) in [4.78, 5) is 2.40. The van der Waals surface area contributed by atoms with Gasteiger partial charge in [0.1, 0.15) is 0 Å². The zero-order valence-corrected chi connectivity index (χ0v) is 10.1. The lowest BCUT2D eigenvalue weighted by Gasteiger charge is -2.30. The number of hydrogen-bond donors (Lipinski definition) is 1. The van der Waals surface area contributed by atoms with Crippen LogP contribution < -0.4 is 0 Å². The summed E-state index contributed by atoms with van der Waals surface area (Å²) in [6.07, 6.45) is 7.85. The van der Waals surface area contributed by atoms with Crippen molar-refractivity contribution in [1.82, 2.24) is 4.90 Å². The van der Waals surface area contributed by atoms with E-state index in [1.165, 1.54) is 38.5 Å². The highest BCUT2D eigenvalue weighted by Crippen LogP contribution is 2.33. The van der Waals surface area contributed by atoms with Gasteiger partial charge in [0, 0.05) is 18.5 Å². The van der Waals surface area contributed by atoms with E-state index in [2.05, 4.69) is 18.7 Å². The summed E-state index contributed by atoms with van der Waals surface area (Å²) in [5.41, 5.74) is 0. The summed E-state index contributed by atoms with van der Waals surface area (Å²) < 4.78 is 0. The fourth-order valence-corrected chi connectivity index (χ4v) is 2.66. The Bertz CT molecular complexity index is 225. The maximum atomic E-state index is 8.33. The number of nitrogens with one attached hydrogen (secondary N) is 1. The molecule has 0 radical (unpaired) electrons. The maximum absolute atomic E-state index is 8.33. The lowest BCUT2D eigenvalue weighted by molar-refractivity contribution is 0.336. The van der Waals surface area contributed by atoms with Gasteiger partial charge in [0.25, 0.3) is 0 Å². The summed E-state index contributed by atoms with van der Waals surface area (Å²) in [5, 5.41) is 8.33. The maximum Gasteiger partial charge on any atom is 0.0992 e. The number of nitrogens with zero attached hydrogens (tertiary/aromatic N) is 1. The van der Waals surface area contributed by atoms with Crippen LogP contribution in [-0.2, 0) is 0 Å². The fraction of sp³-hybridized carbons (Fsp3) is 0.923. The van der Waals surface area contributed by atoms with Gasteiger partial charge in [-0.1, -0.05) is 26.7 Å². The second-order valence-electron chi connectivity index (χ2n) is 5.64. The number of hydrogen-bond acceptors (Lipinski definition) is 1. The third-order valence-electron chi connectivity index (χ3n) is 3.60. The molecule has 0 aromatic heterocycles. The van der Waals surface area contributed by atoms with Gasteiger partial charge in [-0.2, -0.15) is 0 Å². The molecule has 2 saturated carbocycles. The minimum absolute atomic E-state index is 0.587. The SMILES string of the molecule is CC(C)CN(C(=N)C1CCCC1)C1CC1. The first-order valence-corrected chi connectivity index (χ1v) is 6.53. The van der Waals surface area contributed by atoms with Gasteiger partial charge in [0.2, 0.25) is 0 Å². The van der Waals surface area contributed by atoms with Gasteiger partial charge in [0.15, 0.2) is 0 Å². The molecule has 1 N–H and O–H groups in total. The molecule has 0 aromatic carbocycles. The first-order chi connectivity index (χ1) is 7.18. The summed E-state index contributed by atoms with van der Waals surface area (Å²) in [6, 6.07) is 0.723. The van der Waals surface area contributed by atoms with Crippen LogP contribution in [0, 0.1) is 17.2 Å². The predicted molar refractivity (Wildman–Crippen MR) is 64.3 cm³/mol. The molecule has 2 aliphatic rings. The van der Waals surface area contributed by atoms with E-state index in [1.54, 1.807) is 0 Å². The van der Waals surface area contributed by atoms with Gasteiger partial charge in [0.05, 0.1) is 5.84 Å². The summed E-state index contributed by atoms with van der Waals surface area (Å²) in [6.45, 7) is 5.62. The molecule has 0 atom stereocenters. The normalized spacial score (nSPS) is 22.3. The monoisotopic (exact) mass is 208 g/mol. The van der Waals surface area contributed by atoms with Crippen molar-refractivity contribution < 1.29 is 0 Å². The Morgan fingerprint density at radius 1 is 1.20 bits per heavy atom. The molecule has 2 nitrogen and oxygen atoms in total. The molecule has 0 spiro atoms. The molecule has 86 valence electrons. The molecule has 2 heteroatoms. The van der Waals surface area contributed by atoms with Gasteiger partial charge in [-0.15, -0.1) is 0 Å². The van der Waals surface area contributed by atoms with Gasteiger partial charge in [-0.25, -0.2) is 0 Å². The average molecular weight is 208 g/mol. The second kappa shape index (κ2) is 4.54. The molecule has 0 unspecified atom stereocenters. The molecule has 0 bridgehead atoms. The van der Waals surface area contributed by atoms with Crippen LogP contribution >= 0.6 is 0 Å². The Balaban J connectivity index is 1.93. The standard InChI is InChI=1S/C13H24N2/c1-10(2)9-15(12-7-8-12)13(14)11-5-3-4-6-11/h10-12,14H,3-9H2,1-2H3. The van der Waals surface area contributed by atoms with Crippen LogP contribution in [0.5, 0.6) is 0 Å². The van der Waals surface area contributed by atoms with Crippen molar-refractivity contribution in [2.24, 2.45) is 11.8 Å². The first kappa shape index (κ1) is 11.0. The molecule has 15 heavy (non-hydrogen) atoms. The molecule has 0 amide bonds. The molecular weight excluding hydrogens is 184 g/mol. The highest BCUT2D eigenvalue weighted by Gasteiger charge is 2.34. The summed E-state index contributed by atoms with van der Waals surface area (Å²) >= 11 is 0. The van der Waals surface area contributed by atoms with Crippen LogP contribution in [-0.4, -0.2) is 23.3 Å². The van der Waals surface area contributed by atoms with Crippen molar-refractivity contribution >= 4 is 5.84 Å². The smallest absolute Gasteiger partial charge is 0.0992 e. The molecule has 0 aliphatic heterocycles. The topological polar surface area (TPSA) is 27.1 Å². The highest BCUT2D eigenvalue weighted by atomic mass is 15.2. The van der Waals surface area contributed by atoms with E-state index in [4.69, 9.17) is 5.41 Å². The van der Waals surface area contributed by atoms with E-state index >= 15 is 0 Å². The quantitative estimate of drug-likeness (QED) is 0.557. The van der Waals surface area contributed by atoms with Crippen molar-refractivity contribution in [1.29, 1.82) is 5.41 Å². The van der Waals surface area contributed by atoms with E-state index in [-0.39, 0.29) is 0 Å². The van der Waals surface area contributed by atoms with Crippen LogP contribution in [0.1, 0.15) is 52.4 Å². The Hall–Kier alpha value is -0.530. The Morgan fingerprint density at radius 3 is 2.27 bits per heavy atom. The van der Waals surface area contributed by atoms with Crippen molar-refractivity contribution in [3.63, 3.8) is 0 Å². The van der Waals surface area contributed by atoms with Crippen LogP contribution in [0.15, 0.2) is 0 Å². The lowest BCUT2D eigenvalue weighted by Crippen LogP contribution is -2.39. The molecule has 2 aliphatic carbocycles. The van der Waals surface area contributed by atoms with Gasteiger partial charge < -0.3 is 4.90 Å². The molecule has 2 rings (SSSR count). The largest absolute Gasteiger partial charge is 0.357 e. The number of amidine groups is 1. The van der Waals surface area contributed by atoms with Crippen LogP contribution in [0.4, 0.5) is 0 Å². The van der Waals surface area contributed by atoms with Gasteiger partial charge >= 0.3 is 0 Å². The van der Waals surface area contributed by atoms with Crippen molar-refractivity contribution in [3.05, 3.63) is 0 Å². The third kappa shape index (κ3) is 2.73. The highest BCUT2D eigenvalue weighted by molar-refractivity contribution is 5.82. The minimum atomic E-state index is 0.587. The van der Waals surface area contributed by atoms with Gasteiger partial charge in [-0.05, 0) is 31.6 Å². The van der Waals surface area contributed by atoms with Crippen LogP contribution in [0.25, 0.3) is 0 Å². The molecule has 2 fully saturated rings. The fourth-order valence-electron chi connectivity index (χ4n) is 2.66. The van der Waals surface area contributed by atoms with Crippen molar-refractivity contribution in [3.8, 4) is 0 Å². The number of rotatable bonds is 4. The minimum Gasteiger partial charge on any atom is -0.357 e. The third-order valence-corrected chi connectivity index (χ3v) is 3.60. The zero-order chi connectivity index (χ0) is 10.8. The van der Waals surface area contributed by atoms with E-state index < -0.39 is 0 Å². The summed E-state index contributed by atoms with van der Waals surface area (Å²) in [5.74, 6) is 2.24. The van der Waals surface area contributed by atoms with Crippen LogP contribution in [0.2, 0.25) is 0 Å². The van der Waals surface area contributed by atoms with E-state index in [0.717, 1.165) is 18.4 Å². The molecule has 0 aromatic rings. The van der Waals surface area contributed by atoms with E-state index in [9.17, 15) is 0 Å². The second-order valence-corrected chi connectivity index (χ2v) is 5.64. The van der Waals surface area contributed by atoms with Crippen molar-refractivity contribution in [2.45, 2.75) is 58.4 Å². The zero-order valence-electron chi connectivity index (χ0n) is 10.1. The Morgan fingerprint density at radius 2 is 1.80 bits per heavy atom. The molecular formula is C13H24N2. The van der Waals surface area contributed by atoms with Crippen molar-refractivity contribution in [2.75, 3.05) is 6.54 Å². The Kier molecular flexibility index (Phi) is 3.32. The molecule has 0 saturated heterocycles. The average Bonchev–Trinajstić information content (AvgIpc) is 2.88. The first-order valence-electron chi connectivity index (χ1n) is 6.53. The Labute approximate surface area is 93.6 Å². The van der Waals surface area contributed by atoms with Crippen LogP contribution in [0.3, 0.4) is 0 Å².